The molecule has 0 aromatic carbocycles. The van der Waals surface area contributed by atoms with Crippen LogP contribution in [0, 0.1) is 5.92 Å². The number of halogens is 1. The van der Waals surface area contributed by atoms with Crippen LogP contribution in [0.1, 0.15) is 44.2 Å². The minimum Gasteiger partial charge on any atom is -0.465 e. The van der Waals surface area contributed by atoms with Gasteiger partial charge in [0.15, 0.2) is 0 Å². The van der Waals surface area contributed by atoms with E-state index in [2.05, 4.69) is 20.7 Å². The molecule has 1 aliphatic heterocycles. The Kier molecular flexibility index (Phi) is 5.71. The van der Waals surface area contributed by atoms with Gasteiger partial charge in [-0.1, -0.05) is 18.0 Å². The van der Waals surface area contributed by atoms with Crippen LogP contribution >= 0.6 is 11.6 Å². The van der Waals surface area contributed by atoms with E-state index >= 15 is 0 Å². The number of aromatic nitrogens is 3. The summed E-state index contributed by atoms with van der Waals surface area (Å²) in [6.45, 7) is 0.912. The Morgan fingerprint density at radius 2 is 2.03 bits per heavy atom. The maximum Gasteiger partial charge on any atom is 0.404 e. The maximum absolute atomic E-state index is 12.7. The lowest BCUT2D eigenvalue weighted by Gasteiger charge is -2.28. The number of anilines is 1. The van der Waals surface area contributed by atoms with E-state index in [0.717, 1.165) is 61.9 Å². The number of amides is 2. The van der Waals surface area contributed by atoms with E-state index in [0.29, 0.717) is 17.3 Å². The highest BCUT2D eigenvalue weighted by Crippen LogP contribution is 2.34. The summed E-state index contributed by atoms with van der Waals surface area (Å²) in [5.74, 6) is 0.0589. The van der Waals surface area contributed by atoms with Gasteiger partial charge in [-0.2, -0.15) is 5.10 Å². The van der Waals surface area contributed by atoms with Gasteiger partial charge in [0.05, 0.1) is 11.2 Å². The van der Waals surface area contributed by atoms with Crippen molar-refractivity contribution in [2.24, 2.45) is 5.92 Å². The number of nitrogens with one attached hydrogen (secondary N) is 2. The molecule has 29 heavy (non-hydrogen) atoms. The summed E-state index contributed by atoms with van der Waals surface area (Å²) in [6.07, 6.45) is 8.33. The SMILES string of the molecule is O=C(O)N[C@@H]1CCC[C@@H](C(=O)Nc2cc(-c3cnn4c3CCCC4)c(Cl)cn2)C1. The molecule has 0 saturated heterocycles. The molecule has 2 amide bonds. The highest BCUT2D eigenvalue weighted by molar-refractivity contribution is 6.33. The van der Waals surface area contributed by atoms with Crippen molar-refractivity contribution in [1.29, 1.82) is 0 Å². The Morgan fingerprint density at radius 1 is 1.17 bits per heavy atom. The first kappa shape index (κ1) is 19.7. The number of carboxylic acid groups (broad SMARTS) is 1. The predicted octanol–water partition coefficient (Wildman–Crippen LogP) is 3.70. The summed E-state index contributed by atoms with van der Waals surface area (Å²) in [6, 6.07) is 1.60. The maximum atomic E-state index is 12.7. The van der Waals surface area contributed by atoms with Gasteiger partial charge in [0, 0.05) is 41.5 Å². The molecule has 3 heterocycles. The third-order valence-corrected chi connectivity index (χ3v) is 6.05. The molecular formula is C20H24ClN5O3. The topological polar surface area (TPSA) is 109 Å². The van der Waals surface area contributed by atoms with Gasteiger partial charge in [-0.05, 0) is 44.6 Å². The number of carbonyl (C=O) groups is 2. The van der Waals surface area contributed by atoms with Crippen LogP contribution in [0.2, 0.25) is 5.02 Å². The van der Waals surface area contributed by atoms with Crippen LogP contribution in [0.15, 0.2) is 18.5 Å². The first-order chi connectivity index (χ1) is 14.0. The summed E-state index contributed by atoms with van der Waals surface area (Å²) in [5.41, 5.74) is 2.96. The van der Waals surface area contributed by atoms with Gasteiger partial charge >= 0.3 is 6.09 Å². The van der Waals surface area contributed by atoms with Crippen LogP contribution in [-0.4, -0.2) is 37.9 Å². The Morgan fingerprint density at radius 3 is 2.86 bits per heavy atom. The Balaban J connectivity index is 1.50. The van der Waals surface area contributed by atoms with E-state index < -0.39 is 6.09 Å². The molecule has 0 spiro atoms. The van der Waals surface area contributed by atoms with Crippen molar-refractivity contribution in [2.45, 2.75) is 57.5 Å². The first-order valence-corrected chi connectivity index (χ1v) is 10.4. The molecule has 2 aliphatic rings. The second-order valence-electron chi connectivity index (χ2n) is 7.73. The predicted molar refractivity (Wildman–Crippen MR) is 109 cm³/mol. The summed E-state index contributed by atoms with van der Waals surface area (Å²) in [4.78, 5) is 27.9. The van der Waals surface area contributed by atoms with Gasteiger partial charge < -0.3 is 15.7 Å². The Labute approximate surface area is 173 Å². The van der Waals surface area contributed by atoms with Gasteiger partial charge in [-0.15, -0.1) is 0 Å². The first-order valence-electron chi connectivity index (χ1n) is 10.0. The number of hydrogen-bond donors (Lipinski definition) is 3. The normalized spacial score (nSPS) is 21.3. The van der Waals surface area contributed by atoms with E-state index in [4.69, 9.17) is 16.7 Å². The van der Waals surface area contributed by atoms with Crippen molar-refractivity contribution in [3.8, 4) is 11.1 Å². The van der Waals surface area contributed by atoms with Crippen molar-refractivity contribution in [3.05, 3.63) is 29.2 Å². The molecule has 0 unspecified atom stereocenters. The number of rotatable bonds is 4. The van der Waals surface area contributed by atoms with Gasteiger partial charge in [0.25, 0.3) is 0 Å². The Hall–Kier alpha value is -2.61. The smallest absolute Gasteiger partial charge is 0.404 e. The molecule has 8 nitrogen and oxygen atoms in total. The molecule has 1 saturated carbocycles. The largest absolute Gasteiger partial charge is 0.465 e. The zero-order chi connectivity index (χ0) is 20.4. The van der Waals surface area contributed by atoms with E-state index in [-0.39, 0.29) is 17.9 Å². The fourth-order valence-electron chi connectivity index (χ4n) is 4.32. The van der Waals surface area contributed by atoms with Gasteiger partial charge in [-0.25, -0.2) is 9.78 Å². The minimum atomic E-state index is -1.05. The lowest BCUT2D eigenvalue weighted by atomic mass is 9.85. The van der Waals surface area contributed by atoms with E-state index in [1.807, 2.05) is 10.9 Å². The fraction of sp³-hybridized carbons (Fsp3) is 0.500. The third-order valence-electron chi connectivity index (χ3n) is 5.75. The highest BCUT2D eigenvalue weighted by Gasteiger charge is 2.28. The zero-order valence-corrected chi connectivity index (χ0v) is 16.8. The van der Waals surface area contributed by atoms with Crippen molar-refractivity contribution in [1.82, 2.24) is 20.1 Å². The van der Waals surface area contributed by atoms with E-state index in [1.165, 1.54) is 0 Å². The lowest BCUT2D eigenvalue weighted by molar-refractivity contribution is -0.121. The molecule has 2 aromatic rings. The molecule has 2 aromatic heterocycles. The van der Waals surface area contributed by atoms with Crippen LogP contribution in [0.4, 0.5) is 10.6 Å². The van der Waals surface area contributed by atoms with Gasteiger partial charge in [-0.3, -0.25) is 9.48 Å². The van der Waals surface area contributed by atoms with Crippen molar-refractivity contribution >= 4 is 29.4 Å². The average molecular weight is 418 g/mol. The van der Waals surface area contributed by atoms with Gasteiger partial charge in [0.1, 0.15) is 5.82 Å². The molecule has 1 fully saturated rings. The molecule has 2 atom stereocenters. The third kappa shape index (κ3) is 4.37. The van der Waals surface area contributed by atoms with Gasteiger partial charge in [0.2, 0.25) is 5.91 Å². The molecule has 154 valence electrons. The second-order valence-corrected chi connectivity index (χ2v) is 8.14. The Bertz CT molecular complexity index is 929. The minimum absolute atomic E-state index is 0.139. The molecule has 4 rings (SSSR count). The summed E-state index contributed by atoms with van der Waals surface area (Å²) < 4.78 is 2.02. The number of pyridine rings is 1. The number of aryl methyl sites for hydroxylation is 1. The van der Waals surface area contributed by atoms with Crippen molar-refractivity contribution in [3.63, 3.8) is 0 Å². The highest BCUT2D eigenvalue weighted by atomic mass is 35.5. The van der Waals surface area contributed by atoms with Crippen LogP contribution in [0.25, 0.3) is 11.1 Å². The van der Waals surface area contributed by atoms with Crippen LogP contribution in [0.3, 0.4) is 0 Å². The number of carbonyl (C=O) groups excluding carboxylic acids is 1. The number of nitrogens with zero attached hydrogens (tertiary/aromatic N) is 3. The zero-order valence-electron chi connectivity index (χ0n) is 16.0. The monoisotopic (exact) mass is 417 g/mol. The summed E-state index contributed by atoms with van der Waals surface area (Å²) >= 11 is 6.41. The van der Waals surface area contributed by atoms with Crippen molar-refractivity contribution in [2.75, 3.05) is 5.32 Å². The molecule has 9 heteroatoms. The second kappa shape index (κ2) is 8.41. The van der Waals surface area contributed by atoms with Crippen LogP contribution in [0.5, 0.6) is 0 Å². The van der Waals surface area contributed by atoms with E-state index in [1.54, 1.807) is 12.3 Å². The fourth-order valence-corrected chi connectivity index (χ4v) is 4.53. The standard InChI is InChI=1S/C20H24ClN5O3/c21-16-11-22-18(9-14(16)15-10-23-26-7-2-1-6-17(15)26)25-19(27)12-4-3-5-13(8-12)24-20(28)29/h9-13,24H,1-8H2,(H,28,29)(H,22,25,27)/t12-,13-/m1/s1. The summed E-state index contributed by atoms with van der Waals surface area (Å²) in [5, 5.41) is 19.3. The number of hydrogen-bond acceptors (Lipinski definition) is 4. The van der Waals surface area contributed by atoms with E-state index in [9.17, 15) is 9.59 Å². The van der Waals surface area contributed by atoms with Crippen LogP contribution < -0.4 is 10.6 Å². The molecule has 0 bridgehead atoms. The summed E-state index contributed by atoms with van der Waals surface area (Å²) in [7, 11) is 0. The molecule has 3 N–H and O–H groups in total. The molecule has 1 aliphatic carbocycles. The molecule has 0 radical (unpaired) electrons. The van der Waals surface area contributed by atoms with Crippen molar-refractivity contribution < 1.29 is 14.7 Å². The quantitative estimate of drug-likeness (QED) is 0.702. The lowest BCUT2D eigenvalue weighted by Crippen LogP contribution is -2.40. The molecular weight excluding hydrogens is 394 g/mol. The number of fused-ring (bicyclic) bond motifs is 1. The average Bonchev–Trinajstić information content (AvgIpc) is 3.13. The van der Waals surface area contributed by atoms with Crippen LogP contribution in [-0.2, 0) is 17.8 Å².